The predicted octanol–water partition coefficient (Wildman–Crippen LogP) is 1.68. The first-order valence-corrected chi connectivity index (χ1v) is 6.16. The van der Waals surface area contributed by atoms with Crippen molar-refractivity contribution in [2.75, 3.05) is 6.54 Å². The minimum Gasteiger partial charge on any atom is -0.351 e. The molecule has 82 valence electrons. The van der Waals surface area contributed by atoms with Gasteiger partial charge in [-0.15, -0.1) is 16.7 Å². The minimum absolute atomic E-state index is 0.0805. The number of rotatable bonds is 3. The lowest BCUT2D eigenvalue weighted by atomic mass is 10.1. The summed E-state index contributed by atoms with van der Waals surface area (Å²) in [6.07, 6.45) is 4.65. The molecule has 1 saturated carbocycles. The molecule has 2 unspecified atom stereocenters. The molecule has 1 aliphatic rings. The lowest BCUT2D eigenvalue weighted by Gasteiger charge is -2.09. The van der Waals surface area contributed by atoms with Crippen molar-refractivity contribution in [3.05, 3.63) is 11.1 Å². The molecule has 0 saturated heterocycles. The number of carbonyl (C=O) groups is 1. The third-order valence-electron chi connectivity index (χ3n) is 2.61. The topological polar surface area (TPSA) is 54.9 Å². The maximum absolute atomic E-state index is 11.5. The summed E-state index contributed by atoms with van der Waals surface area (Å²) in [4.78, 5) is 12.1. The van der Waals surface area contributed by atoms with Gasteiger partial charge in [-0.3, -0.25) is 4.79 Å². The number of nitrogens with one attached hydrogen (secondary N) is 1. The molecular weight excluding hydrogens is 234 g/mol. The second-order valence-electron chi connectivity index (χ2n) is 3.77. The van der Waals surface area contributed by atoms with Gasteiger partial charge in [-0.05, 0) is 36.7 Å². The molecule has 0 spiro atoms. The molecule has 6 heteroatoms. The summed E-state index contributed by atoms with van der Waals surface area (Å²) in [6.45, 7) is 0.708. The van der Waals surface area contributed by atoms with Crippen LogP contribution in [0.2, 0.25) is 0 Å². The quantitative estimate of drug-likeness (QED) is 0.825. The van der Waals surface area contributed by atoms with Crippen molar-refractivity contribution in [3.63, 3.8) is 0 Å². The van der Waals surface area contributed by atoms with Crippen LogP contribution in [-0.4, -0.2) is 27.4 Å². The van der Waals surface area contributed by atoms with E-state index in [1.54, 1.807) is 0 Å². The number of aromatic nitrogens is 2. The molecule has 0 aromatic carbocycles. The van der Waals surface area contributed by atoms with Gasteiger partial charge in [-0.1, -0.05) is 4.49 Å². The van der Waals surface area contributed by atoms with Gasteiger partial charge in [0, 0.05) is 11.9 Å². The van der Waals surface area contributed by atoms with E-state index in [2.05, 4.69) is 14.9 Å². The molecule has 4 nitrogen and oxygen atoms in total. The first-order valence-electron chi connectivity index (χ1n) is 4.95. The molecule has 1 amide bonds. The average Bonchev–Trinajstić information content (AvgIpc) is 2.84. The predicted molar refractivity (Wildman–Crippen MR) is 59.2 cm³/mol. The molecule has 1 aromatic rings. The Morgan fingerprint density at radius 3 is 3.13 bits per heavy atom. The Kier molecular flexibility index (Phi) is 3.53. The fourth-order valence-corrected chi connectivity index (χ4v) is 2.60. The van der Waals surface area contributed by atoms with Gasteiger partial charge in [0.05, 0.1) is 6.20 Å². The molecular formula is C9H12ClN3OS. The van der Waals surface area contributed by atoms with Crippen LogP contribution in [0, 0.1) is 5.92 Å². The number of alkyl halides is 1. The zero-order valence-corrected chi connectivity index (χ0v) is 9.72. The standard InChI is InChI=1S/C9H12ClN3OS/c10-7-2-1-6(3-7)4-11-9(14)8-5-12-13-15-8/h5-7H,1-4H2,(H,11,14). The summed E-state index contributed by atoms with van der Waals surface area (Å²) in [7, 11) is 0. The van der Waals surface area contributed by atoms with Gasteiger partial charge >= 0.3 is 0 Å². The molecule has 2 rings (SSSR count). The van der Waals surface area contributed by atoms with E-state index in [0.29, 0.717) is 17.3 Å². The van der Waals surface area contributed by atoms with Gasteiger partial charge in [-0.2, -0.15) is 0 Å². The van der Waals surface area contributed by atoms with Crippen molar-refractivity contribution in [1.82, 2.24) is 14.9 Å². The van der Waals surface area contributed by atoms with Crippen LogP contribution in [0.25, 0.3) is 0 Å². The van der Waals surface area contributed by atoms with Crippen molar-refractivity contribution < 1.29 is 4.79 Å². The van der Waals surface area contributed by atoms with E-state index in [0.717, 1.165) is 30.8 Å². The molecule has 1 N–H and O–H groups in total. The van der Waals surface area contributed by atoms with Crippen LogP contribution in [0.5, 0.6) is 0 Å². The van der Waals surface area contributed by atoms with E-state index in [1.807, 2.05) is 0 Å². The van der Waals surface area contributed by atoms with Crippen molar-refractivity contribution in [1.29, 1.82) is 0 Å². The lowest BCUT2D eigenvalue weighted by molar-refractivity contribution is 0.0951. The number of hydrogen-bond acceptors (Lipinski definition) is 4. The molecule has 0 aliphatic heterocycles. The second kappa shape index (κ2) is 4.90. The molecule has 15 heavy (non-hydrogen) atoms. The SMILES string of the molecule is O=C(NCC1CCC(Cl)C1)c1cnns1. The Labute approximate surface area is 97.2 Å². The monoisotopic (exact) mass is 245 g/mol. The van der Waals surface area contributed by atoms with E-state index in [9.17, 15) is 4.79 Å². The molecule has 1 heterocycles. The molecule has 1 aliphatic carbocycles. The smallest absolute Gasteiger partial charge is 0.264 e. The van der Waals surface area contributed by atoms with E-state index in [1.165, 1.54) is 6.20 Å². The van der Waals surface area contributed by atoms with Crippen LogP contribution in [0.1, 0.15) is 28.9 Å². The minimum atomic E-state index is -0.0805. The van der Waals surface area contributed by atoms with Crippen LogP contribution < -0.4 is 5.32 Å². The van der Waals surface area contributed by atoms with Crippen molar-refractivity contribution in [3.8, 4) is 0 Å². The molecule has 2 atom stereocenters. The average molecular weight is 246 g/mol. The lowest BCUT2D eigenvalue weighted by Crippen LogP contribution is -2.27. The third kappa shape index (κ3) is 2.89. The van der Waals surface area contributed by atoms with Crippen LogP contribution in [-0.2, 0) is 0 Å². The number of hydrogen-bond donors (Lipinski definition) is 1. The molecule has 0 bridgehead atoms. The van der Waals surface area contributed by atoms with Gasteiger partial charge in [0.25, 0.3) is 5.91 Å². The number of halogens is 1. The Morgan fingerprint density at radius 1 is 1.67 bits per heavy atom. The highest BCUT2D eigenvalue weighted by Crippen LogP contribution is 2.28. The van der Waals surface area contributed by atoms with Crippen LogP contribution in [0.4, 0.5) is 0 Å². The summed E-state index contributed by atoms with van der Waals surface area (Å²) in [5.41, 5.74) is 0. The number of carbonyl (C=O) groups excluding carboxylic acids is 1. The first kappa shape index (κ1) is 10.8. The Hall–Kier alpha value is -0.680. The molecule has 0 radical (unpaired) electrons. The van der Waals surface area contributed by atoms with E-state index in [4.69, 9.17) is 11.6 Å². The largest absolute Gasteiger partial charge is 0.351 e. The van der Waals surface area contributed by atoms with Crippen molar-refractivity contribution >= 4 is 29.0 Å². The fourth-order valence-electron chi connectivity index (χ4n) is 1.79. The summed E-state index contributed by atoms with van der Waals surface area (Å²) in [5, 5.41) is 6.79. The summed E-state index contributed by atoms with van der Waals surface area (Å²) in [6, 6.07) is 0. The maximum atomic E-state index is 11.5. The summed E-state index contributed by atoms with van der Waals surface area (Å²) >= 11 is 7.11. The van der Waals surface area contributed by atoms with Crippen LogP contribution in [0.15, 0.2) is 6.20 Å². The van der Waals surface area contributed by atoms with Crippen molar-refractivity contribution in [2.24, 2.45) is 5.92 Å². The second-order valence-corrected chi connectivity index (χ2v) is 5.17. The van der Waals surface area contributed by atoms with Gasteiger partial charge in [0.15, 0.2) is 0 Å². The Morgan fingerprint density at radius 2 is 2.53 bits per heavy atom. The van der Waals surface area contributed by atoms with E-state index in [-0.39, 0.29) is 11.3 Å². The zero-order valence-electron chi connectivity index (χ0n) is 8.15. The zero-order chi connectivity index (χ0) is 10.7. The normalized spacial score (nSPS) is 25.4. The third-order valence-corrected chi connectivity index (χ3v) is 3.67. The van der Waals surface area contributed by atoms with Gasteiger partial charge in [0.2, 0.25) is 0 Å². The van der Waals surface area contributed by atoms with Gasteiger partial charge in [-0.25, -0.2) is 0 Å². The van der Waals surface area contributed by atoms with Crippen LogP contribution in [0.3, 0.4) is 0 Å². The Bertz CT molecular complexity index is 330. The highest BCUT2D eigenvalue weighted by Gasteiger charge is 2.23. The maximum Gasteiger partial charge on any atom is 0.264 e. The Balaban J connectivity index is 1.76. The van der Waals surface area contributed by atoms with E-state index >= 15 is 0 Å². The van der Waals surface area contributed by atoms with Crippen molar-refractivity contribution in [2.45, 2.75) is 24.6 Å². The van der Waals surface area contributed by atoms with Gasteiger partial charge in [0.1, 0.15) is 4.88 Å². The first-order chi connectivity index (χ1) is 7.25. The number of nitrogens with zero attached hydrogens (tertiary/aromatic N) is 2. The fraction of sp³-hybridized carbons (Fsp3) is 0.667. The molecule has 1 fully saturated rings. The van der Waals surface area contributed by atoms with Gasteiger partial charge < -0.3 is 5.32 Å². The number of amides is 1. The van der Waals surface area contributed by atoms with Crippen LogP contribution >= 0.6 is 23.1 Å². The highest BCUT2D eigenvalue weighted by atomic mass is 35.5. The highest BCUT2D eigenvalue weighted by molar-refractivity contribution is 7.07. The van der Waals surface area contributed by atoms with E-state index < -0.39 is 0 Å². The molecule has 1 aromatic heterocycles. The summed E-state index contributed by atoms with van der Waals surface area (Å²) in [5.74, 6) is 0.445. The summed E-state index contributed by atoms with van der Waals surface area (Å²) < 4.78 is 3.64.